The summed E-state index contributed by atoms with van der Waals surface area (Å²) in [5.74, 6) is 1.93. The van der Waals surface area contributed by atoms with Gasteiger partial charge >= 0.3 is 0 Å². The summed E-state index contributed by atoms with van der Waals surface area (Å²) in [7, 11) is 0. The maximum atomic E-state index is 13.4. The molecule has 2 saturated heterocycles. The largest absolute Gasteiger partial charge is 0.494 e. The summed E-state index contributed by atoms with van der Waals surface area (Å²) < 4.78 is 6.10. The molecule has 2 aliphatic heterocycles. The van der Waals surface area contributed by atoms with Crippen LogP contribution in [0.4, 0.5) is 5.69 Å². The molecule has 2 heterocycles. The van der Waals surface area contributed by atoms with Gasteiger partial charge < -0.3 is 19.4 Å². The Bertz CT molecular complexity index is 1240. The first-order valence-corrected chi connectivity index (χ1v) is 15.1. The van der Waals surface area contributed by atoms with Crippen LogP contribution in [-0.2, 0) is 4.79 Å². The van der Waals surface area contributed by atoms with Crippen LogP contribution in [0, 0.1) is 5.92 Å². The van der Waals surface area contributed by atoms with E-state index in [9.17, 15) is 4.79 Å². The van der Waals surface area contributed by atoms with Crippen molar-refractivity contribution >= 4 is 23.2 Å². The molecule has 1 aliphatic carbocycles. The molecular weight excluding hydrogens is 482 g/mol. The lowest BCUT2D eigenvalue weighted by atomic mass is 10.0. The molecular formula is C34H45N3O2. The number of allylic oxidation sites excluding steroid dienone is 1. The van der Waals surface area contributed by atoms with Gasteiger partial charge in [-0.05, 0) is 73.2 Å². The summed E-state index contributed by atoms with van der Waals surface area (Å²) in [6, 6.07) is 17.4. The molecule has 2 atom stereocenters. The van der Waals surface area contributed by atoms with E-state index in [4.69, 9.17) is 4.74 Å². The Balaban J connectivity index is 1.10. The van der Waals surface area contributed by atoms with Gasteiger partial charge in [0.05, 0.1) is 6.61 Å². The van der Waals surface area contributed by atoms with Gasteiger partial charge in [-0.15, -0.1) is 0 Å². The molecule has 0 radical (unpaired) electrons. The van der Waals surface area contributed by atoms with E-state index in [2.05, 4.69) is 72.2 Å². The highest BCUT2D eigenvalue weighted by Gasteiger charge is 2.24. The number of carbonyl (C=O) groups is 1. The highest BCUT2D eigenvalue weighted by Crippen LogP contribution is 2.24. The topological polar surface area (TPSA) is 36.0 Å². The van der Waals surface area contributed by atoms with E-state index < -0.39 is 0 Å². The van der Waals surface area contributed by atoms with E-state index in [0.717, 1.165) is 79.9 Å². The van der Waals surface area contributed by atoms with Gasteiger partial charge in [0.2, 0.25) is 0 Å². The fourth-order valence-electron chi connectivity index (χ4n) is 6.26. The molecule has 5 rings (SSSR count). The van der Waals surface area contributed by atoms with Gasteiger partial charge in [0.1, 0.15) is 5.75 Å². The number of nitrogens with zero attached hydrogens (tertiary/aromatic N) is 3. The molecule has 0 N–H and O–H groups in total. The number of likely N-dealkylation sites (tertiary alicyclic amines) is 1. The molecule has 3 aliphatic rings. The molecule has 208 valence electrons. The van der Waals surface area contributed by atoms with Crippen molar-refractivity contribution in [3.63, 3.8) is 0 Å². The molecule has 1 amide bonds. The minimum atomic E-state index is 0.136. The van der Waals surface area contributed by atoms with Gasteiger partial charge in [0.15, 0.2) is 0 Å². The number of fused-ring (bicyclic) bond motifs is 1. The van der Waals surface area contributed by atoms with Crippen LogP contribution in [0.1, 0.15) is 52.4 Å². The van der Waals surface area contributed by atoms with E-state index in [0.29, 0.717) is 6.04 Å². The summed E-state index contributed by atoms with van der Waals surface area (Å²) in [6.45, 7) is 11.0. The number of amides is 1. The number of piperazine rings is 1. The Morgan fingerprint density at radius 3 is 2.59 bits per heavy atom. The van der Waals surface area contributed by atoms with Crippen molar-refractivity contribution < 1.29 is 9.53 Å². The van der Waals surface area contributed by atoms with Crippen molar-refractivity contribution in [3.05, 3.63) is 71.1 Å². The smallest absolute Gasteiger partial charge is 0.254 e. The van der Waals surface area contributed by atoms with Crippen LogP contribution in [0.5, 0.6) is 5.75 Å². The van der Waals surface area contributed by atoms with Gasteiger partial charge in [-0.3, -0.25) is 4.79 Å². The van der Waals surface area contributed by atoms with Crippen LogP contribution in [0.25, 0.3) is 11.6 Å². The minimum absolute atomic E-state index is 0.136. The van der Waals surface area contributed by atoms with Gasteiger partial charge in [-0.1, -0.05) is 62.3 Å². The molecule has 0 saturated carbocycles. The average molecular weight is 528 g/mol. The first-order valence-electron chi connectivity index (χ1n) is 15.1. The predicted molar refractivity (Wildman–Crippen MR) is 161 cm³/mol. The fourth-order valence-corrected chi connectivity index (χ4v) is 6.26. The molecule has 0 spiro atoms. The number of carbonyl (C=O) groups excluding carboxylic acids is 1. The Hall–Kier alpha value is -3.05. The molecule has 39 heavy (non-hydrogen) atoms. The second kappa shape index (κ2) is 13.3. The molecule has 5 heteroatoms. The van der Waals surface area contributed by atoms with Gasteiger partial charge in [-0.2, -0.15) is 0 Å². The summed E-state index contributed by atoms with van der Waals surface area (Å²) in [5.41, 5.74) is 2.00. The quantitative estimate of drug-likeness (QED) is 0.471. The van der Waals surface area contributed by atoms with Gasteiger partial charge in [-0.25, -0.2) is 0 Å². The number of benzene rings is 2. The molecule has 2 fully saturated rings. The first-order chi connectivity index (χ1) is 19.1. The van der Waals surface area contributed by atoms with E-state index in [-0.39, 0.29) is 5.91 Å². The second-order valence-corrected chi connectivity index (χ2v) is 11.4. The zero-order valence-corrected chi connectivity index (χ0v) is 23.9. The minimum Gasteiger partial charge on any atom is -0.494 e. The van der Waals surface area contributed by atoms with Crippen LogP contribution >= 0.6 is 0 Å². The Labute approximate surface area is 234 Å². The van der Waals surface area contributed by atoms with Gasteiger partial charge in [0.25, 0.3) is 5.91 Å². The van der Waals surface area contributed by atoms with Crippen molar-refractivity contribution in [2.24, 2.45) is 5.92 Å². The Morgan fingerprint density at radius 2 is 1.79 bits per heavy atom. The number of anilines is 1. The standard InChI is InChI=1S/C34H45N3O2/c1-3-28-11-8-10-27(2)37(26-28)20-9-25-39-31-18-16-30(17-19-31)35-21-23-36(24-22-35)34(38)33-15-7-5-13-29-12-4-6-14-32(29)33/h4,6-7,12-19,27-28H,3,5,8-11,20-26H2,1-2H3. The average Bonchev–Trinajstić information content (AvgIpc) is 3.31. The third kappa shape index (κ3) is 6.94. The van der Waals surface area contributed by atoms with E-state index in [1.165, 1.54) is 37.9 Å². The van der Waals surface area contributed by atoms with Crippen molar-refractivity contribution in [2.45, 2.75) is 58.4 Å². The zero-order valence-electron chi connectivity index (χ0n) is 23.9. The normalized spacial score (nSPS) is 22.1. The number of rotatable bonds is 8. The summed E-state index contributed by atoms with van der Waals surface area (Å²) in [5, 5.41) is 2.19. The highest BCUT2D eigenvalue weighted by atomic mass is 16.5. The lowest BCUT2D eigenvalue weighted by molar-refractivity contribution is -0.125. The van der Waals surface area contributed by atoms with Crippen LogP contribution < -0.4 is 20.1 Å². The van der Waals surface area contributed by atoms with Crippen molar-refractivity contribution in [1.29, 1.82) is 0 Å². The molecule has 0 bridgehead atoms. The highest BCUT2D eigenvalue weighted by molar-refractivity contribution is 6.17. The van der Waals surface area contributed by atoms with E-state index in [1.54, 1.807) is 0 Å². The fraction of sp³-hybridized carbons (Fsp3) is 0.500. The van der Waals surface area contributed by atoms with Crippen LogP contribution in [0.15, 0.2) is 60.7 Å². The van der Waals surface area contributed by atoms with Crippen LogP contribution in [0.2, 0.25) is 0 Å². The maximum absolute atomic E-state index is 13.4. The maximum Gasteiger partial charge on any atom is 0.254 e. The second-order valence-electron chi connectivity index (χ2n) is 11.4. The third-order valence-corrected chi connectivity index (χ3v) is 8.79. The summed E-state index contributed by atoms with van der Waals surface area (Å²) in [4.78, 5) is 20.5. The molecule has 2 aromatic rings. The predicted octanol–water partition coefficient (Wildman–Crippen LogP) is 4.60. The third-order valence-electron chi connectivity index (χ3n) is 8.79. The SMILES string of the molecule is CCC1CCCC(C)N(CCCOc2ccc(N3CCN(C(=O)C4=c5ccccc5=CCC=C4)CC3)cc2)C1. The summed E-state index contributed by atoms with van der Waals surface area (Å²) in [6.07, 6.45) is 13.6. The Morgan fingerprint density at radius 1 is 1.00 bits per heavy atom. The van der Waals surface area contributed by atoms with Crippen molar-refractivity contribution in [1.82, 2.24) is 9.80 Å². The van der Waals surface area contributed by atoms with E-state index >= 15 is 0 Å². The van der Waals surface area contributed by atoms with Crippen molar-refractivity contribution in [2.75, 3.05) is 50.8 Å². The lowest BCUT2D eigenvalue weighted by Gasteiger charge is -2.36. The molecule has 0 aromatic heterocycles. The summed E-state index contributed by atoms with van der Waals surface area (Å²) >= 11 is 0. The molecule has 5 nitrogen and oxygen atoms in total. The zero-order chi connectivity index (χ0) is 27.0. The van der Waals surface area contributed by atoms with E-state index in [1.807, 2.05) is 23.1 Å². The lowest BCUT2D eigenvalue weighted by Crippen LogP contribution is -2.49. The van der Waals surface area contributed by atoms with Crippen LogP contribution in [-0.4, -0.2) is 67.6 Å². The number of hydrogen-bond donors (Lipinski definition) is 0. The number of hydrogen-bond acceptors (Lipinski definition) is 4. The first kappa shape index (κ1) is 27.5. The monoisotopic (exact) mass is 527 g/mol. The molecule has 2 aromatic carbocycles. The number of ether oxygens (including phenoxy) is 1. The van der Waals surface area contributed by atoms with Gasteiger partial charge in [0, 0.05) is 56.6 Å². The molecule has 2 unspecified atom stereocenters. The Kier molecular flexibility index (Phi) is 9.41. The van der Waals surface area contributed by atoms with Crippen molar-refractivity contribution in [3.8, 4) is 5.75 Å². The van der Waals surface area contributed by atoms with Crippen LogP contribution in [0.3, 0.4) is 0 Å².